The van der Waals surface area contributed by atoms with Crippen LogP contribution >= 0.6 is 0 Å². The van der Waals surface area contributed by atoms with Gasteiger partial charge in [-0.15, -0.1) is 0 Å². The highest BCUT2D eigenvalue weighted by molar-refractivity contribution is 5.56. The van der Waals surface area contributed by atoms with Crippen molar-refractivity contribution in [2.24, 2.45) is 0 Å². The molecule has 0 N–H and O–H groups in total. The van der Waals surface area contributed by atoms with Gasteiger partial charge in [-0.2, -0.15) is 31.3 Å². The molecule has 0 radical (unpaired) electrons. The van der Waals surface area contributed by atoms with Crippen LogP contribution in [0.15, 0.2) is 30.5 Å². The number of aromatic nitrogens is 2. The molecule has 0 saturated heterocycles. The van der Waals surface area contributed by atoms with Crippen LogP contribution in [0.2, 0.25) is 0 Å². The first-order chi connectivity index (χ1) is 11.5. The molecule has 136 valence electrons. The number of alkyl halides is 6. The molecule has 4 nitrogen and oxygen atoms in total. The molecule has 0 fully saturated rings. The third kappa shape index (κ3) is 4.94. The number of halogens is 7. The summed E-state index contributed by atoms with van der Waals surface area (Å²) in [5.41, 5.74) is -1.37. The van der Waals surface area contributed by atoms with E-state index in [0.717, 1.165) is 17.0 Å². The van der Waals surface area contributed by atoms with Crippen molar-refractivity contribution in [3.05, 3.63) is 41.8 Å². The fraction of sp³-hybridized carbons (Fsp3) is 0.286. The van der Waals surface area contributed by atoms with Crippen molar-refractivity contribution in [2.75, 3.05) is 18.6 Å². The Morgan fingerprint density at radius 3 is 2.36 bits per heavy atom. The Morgan fingerprint density at radius 2 is 1.80 bits per heavy atom. The highest BCUT2D eigenvalue weighted by Crippen LogP contribution is 2.36. The Labute approximate surface area is 136 Å². The number of anilines is 2. The molecule has 11 heteroatoms. The molecule has 0 bridgehead atoms. The zero-order valence-corrected chi connectivity index (χ0v) is 12.5. The zero-order chi connectivity index (χ0) is 18.8. The van der Waals surface area contributed by atoms with E-state index in [1.165, 1.54) is 19.2 Å². The molecular weight excluding hydrogens is 359 g/mol. The lowest BCUT2D eigenvalue weighted by molar-refractivity contribution is -0.159. The number of ether oxygens (including phenoxy) is 1. The molecule has 1 aromatic heterocycles. The molecule has 25 heavy (non-hydrogen) atoms. The average molecular weight is 369 g/mol. The number of hydrogen-bond donors (Lipinski definition) is 0. The van der Waals surface area contributed by atoms with Crippen molar-refractivity contribution in [3.8, 4) is 5.88 Å². The molecule has 0 atom stereocenters. The number of benzene rings is 1. The second-order valence-electron chi connectivity index (χ2n) is 4.83. The largest absolute Gasteiger partial charge is 0.467 e. The predicted octanol–water partition coefficient (Wildman–Crippen LogP) is 4.34. The van der Waals surface area contributed by atoms with Crippen LogP contribution in [0.3, 0.4) is 0 Å². The van der Waals surface area contributed by atoms with E-state index in [2.05, 4.69) is 14.7 Å². The molecule has 0 unspecified atom stereocenters. The van der Waals surface area contributed by atoms with E-state index in [-0.39, 0.29) is 5.69 Å². The van der Waals surface area contributed by atoms with Crippen LogP contribution in [0.5, 0.6) is 5.88 Å². The fourth-order valence-corrected chi connectivity index (χ4v) is 1.77. The van der Waals surface area contributed by atoms with Crippen molar-refractivity contribution < 1.29 is 35.5 Å². The summed E-state index contributed by atoms with van der Waals surface area (Å²) in [7, 11) is 1.31. The average Bonchev–Trinajstić information content (AvgIpc) is 2.50. The molecule has 0 spiro atoms. The van der Waals surface area contributed by atoms with Gasteiger partial charge in [0.15, 0.2) is 6.61 Å². The summed E-state index contributed by atoms with van der Waals surface area (Å²) in [4.78, 5) is 7.97. The van der Waals surface area contributed by atoms with E-state index in [1.54, 1.807) is 0 Å². The van der Waals surface area contributed by atoms with E-state index < -0.39 is 42.2 Å². The van der Waals surface area contributed by atoms with Crippen LogP contribution in [0.4, 0.5) is 42.4 Å². The number of nitrogens with zero attached hydrogens (tertiary/aromatic N) is 3. The molecule has 0 amide bonds. The summed E-state index contributed by atoms with van der Waals surface area (Å²) in [6.07, 6.45) is -9.54. The lowest BCUT2D eigenvalue weighted by Crippen LogP contribution is -2.23. The summed E-state index contributed by atoms with van der Waals surface area (Å²) >= 11 is 0. The summed E-state index contributed by atoms with van der Waals surface area (Å²) in [5.74, 6) is -2.28. The van der Waals surface area contributed by atoms with Gasteiger partial charge in [-0.1, -0.05) is 6.07 Å². The third-order valence-corrected chi connectivity index (χ3v) is 2.91. The van der Waals surface area contributed by atoms with Gasteiger partial charge in [0.1, 0.15) is 11.4 Å². The first-order valence-corrected chi connectivity index (χ1v) is 6.60. The molecule has 0 saturated carbocycles. The third-order valence-electron chi connectivity index (χ3n) is 2.91. The van der Waals surface area contributed by atoms with Gasteiger partial charge in [-0.05, 0) is 18.2 Å². The molecular formula is C14H10F7N3O. The summed E-state index contributed by atoms with van der Waals surface area (Å²) in [6.45, 7) is -1.95. The van der Waals surface area contributed by atoms with Gasteiger partial charge in [0.2, 0.25) is 11.8 Å². The Morgan fingerprint density at radius 1 is 1.12 bits per heavy atom. The number of hydrogen-bond acceptors (Lipinski definition) is 4. The normalized spacial score (nSPS) is 12.2. The first kappa shape index (κ1) is 18.7. The minimum atomic E-state index is -5.00. The first-order valence-electron chi connectivity index (χ1n) is 6.60. The van der Waals surface area contributed by atoms with Crippen LogP contribution in [-0.2, 0) is 6.18 Å². The summed E-state index contributed by atoms with van der Waals surface area (Å²) in [6, 6.07) is 4.95. The standard InChI is InChI=1S/C14H10F7N3O/c1-24(9-4-2-3-8(15)5-9)12-22-6-10(14(19,20)21)11(23-12)25-7-13(16,17)18/h2-6H,7H2,1H3. The monoisotopic (exact) mass is 369 g/mol. The van der Waals surface area contributed by atoms with E-state index in [9.17, 15) is 30.7 Å². The highest BCUT2D eigenvalue weighted by Gasteiger charge is 2.38. The highest BCUT2D eigenvalue weighted by atomic mass is 19.4. The molecule has 1 aromatic carbocycles. The second kappa shape index (κ2) is 6.73. The molecule has 1 heterocycles. The van der Waals surface area contributed by atoms with Crippen molar-refractivity contribution in [1.82, 2.24) is 9.97 Å². The number of rotatable bonds is 4. The fourth-order valence-electron chi connectivity index (χ4n) is 1.77. The molecule has 0 aliphatic carbocycles. The maximum Gasteiger partial charge on any atom is 0.423 e. The van der Waals surface area contributed by atoms with Gasteiger partial charge in [0, 0.05) is 18.9 Å². The Bertz CT molecular complexity index is 746. The summed E-state index contributed by atoms with van der Waals surface area (Å²) < 4.78 is 92.7. The second-order valence-corrected chi connectivity index (χ2v) is 4.83. The van der Waals surface area contributed by atoms with Crippen LogP contribution in [0.1, 0.15) is 5.56 Å². The minimum absolute atomic E-state index is 0.182. The van der Waals surface area contributed by atoms with Crippen molar-refractivity contribution >= 4 is 11.6 Å². The quantitative estimate of drug-likeness (QED) is 0.752. The van der Waals surface area contributed by atoms with E-state index in [0.29, 0.717) is 6.20 Å². The van der Waals surface area contributed by atoms with Gasteiger partial charge < -0.3 is 9.64 Å². The Kier molecular flexibility index (Phi) is 5.04. The molecule has 0 aliphatic rings. The van der Waals surface area contributed by atoms with E-state index >= 15 is 0 Å². The van der Waals surface area contributed by atoms with Crippen LogP contribution < -0.4 is 9.64 Å². The smallest absolute Gasteiger partial charge is 0.423 e. The van der Waals surface area contributed by atoms with E-state index in [4.69, 9.17) is 0 Å². The Hall–Kier alpha value is -2.59. The topological polar surface area (TPSA) is 38.2 Å². The van der Waals surface area contributed by atoms with Crippen LogP contribution in [0.25, 0.3) is 0 Å². The van der Waals surface area contributed by atoms with Crippen molar-refractivity contribution in [1.29, 1.82) is 0 Å². The lowest BCUT2D eigenvalue weighted by atomic mass is 10.3. The van der Waals surface area contributed by atoms with Gasteiger partial charge in [0.25, 0.3) is 0 Å². The predicted molar refractivity (Wildman–Crippen MR) is 73.0 cm³/mol. The van der Waals surface area contributed by atoms with Gasteiger partial charge >= 0.3 is 12.4 Å². The lowest BCUT2D eigenvalue weighted by Gasteiger charge is -2.20. The zero-order valence-electron chi connectivity index (χ0n) is 12.5. The van der Waals surface area contributed by atoms with Crippen LogP contribution in [0, 0.1) is 5.82 Å². The van der Waals surface area contributed by atoms with Gasteiger partial charge in [-0.3, -0.25) is 0 Å². The SMILES string of the molecule is CN(c1cccc(F)c1)c1ncc(C(F)(F)F)c(OCC(F)(F)F)n1. The molecule has 0 aliphatic heterocycles. The maximum atomic E-state index is 13.2. The van der Waals surface area contributed by atoms with Gasteiger partial charge in [-0.25, -0.2) is 9.37 Å². The van der Waals surface area contributed by atoms with Crippen molar-refractivity contribution in [2.45, 2.75) is 12.4 Å². The molecule has 2 aromatic rings. The van der Waals surface area contributed by atoms with E-state index in [1.807, 2.05) is 0 Å². The maximum absolute atomic E-state index is 13.2. The minimum Gasteiger partial charge on any atom is -0.467 e. The summed E-state index contributed by atoms with van der Waals surface area (Å²) in [5, 5.41) is 0. The van der Waals surface area contributed by atoms with Gasteiger partial charge in [0.05, 0.1) is 0 Å². The van der Waals surface area contributed by atoms with Crippen LogP contribution in [-0.4, -0.2) is 29.8 Å². The Balaban J connectivity index is 2.40. The van der Waals surface area contributed by atoms with Crippen molar-refractivity contribution in [3.63, 3.8) is 0 Å². The molecule has 2 rings (SSSR count).